The third-order valence-electron chi connectivity index (χ3n) is 6.51. The van der Waals surface area contributed by atoms with E-state index in [9.17, 15) is 0 Å². The predicted octanol–water partition coefficient (Wildman–Crippen LogP) is 9.58. The van der Waals surface area contributed by atoms with Gasteiger partial charge < -0.3 is 0 Å². The fourth-order valence-corrected chi connectivity index (χ4v) is 6.99. The van der Waals surface area contributed by atoms with Gasteiger partial charge in [0.2, 0.25) is 0 Å². The Morgan fingerprint density at radius 1 is 0.630 bits per heavy atom. The molecule has 0 spiro atoms. The minimum atomic E-state index is 0.280. The third kappa shape index (κ3) is 5.26. The number of rotatable bonds is 14. The minimum absolute atomic E-state index is 0.280. The molecule has 0 saturated heterocycles. The Bertz CT molecular complexity index is 623. The van der Waals surface area contributed by atoms with Gasteiger partial charge in [0.1, 0.15) is 0 Å². The predicted molar refractivity (Wildman–Crippen MR) is 124 cm³/mol. The zero-order chi connectivity index (χ0) is 19.0. The number of unbranched alkanes of at least 4 members (excludes halogenated alkanes) is 12. The summed E-state index contributed by atoms with van der Waals surface area (Å²) >= 11 is 3.87. The first-order chi connectivity index (χ1) is 13.3. The molecule has 1 aliphatic carbocycles. The highest BCUT2D eigenvalue weighted by Crippen LogP contribution is 2.55. The van der Waals surface area contributed by atoms with E-state index in [1.54, 1.807) is 20.9 Å². The first-order valence-corrected chi connectivity index (χ1v) is 13.2. The summed E-state index contributed by atoms with van der Waals surface area (Å²) in [5.74, 6) is 0. The molecule has 0 aromatic carbocycles. The smallest absolute Gasteiger partial charge is 0.0486 e. The lowest BCUT2D eigenvalue weighted by Crippen LogP contribution is -2.19. The van der Waals surface area contributed by atoms with Crippen LogP contribution in [-0.4, -0.2) is 0 Å². The minimum Gasteiger partial charge on any atom is -0.143 e. The van der Waals surface area contributed by atoms with Crippen LogP contribution in [-0.2, 0) is 5.41 Å². The maximum absolute atomic E-state index is 2.48. The molecule has 0 radical (unpaired) electrons. The highest BCUT2D eigenvalue weighted by atomic mass is 32.1. The van der Waals surface area contributed by atoms with Gasteiger partial charge >= 0.3 is 0 Å². The monoisotopic (exact) mass is 402 g/mol. The van der Waals surface area contributed by atoms with Gasteiger partial charge in [-0.25, -0.2) is 0 Å². The zero-order valence-corrected chi connectivity index (χ0v) is 19.2. The molecule has 0 atom stereocenters. The van der Waals surface area contributed by atoms with Gasteiger partial charge in [-0.3, -0.25) is 0 Å². The van der Waals surface area contributed by atoms with Crippen LogP contribution in [0.25, 0.3) is 9.75 Å². The highest BCUT2D eigenvalue weighted by Gasteiger charge is 2.40. The van der Waals surface area contributed by atoms with Crippen molar-refractivity contribution in [3.63, 3.8) is 0 Å². The van der Waals surface area contributed by atoms with E-state index < -0.39 is 0 Å². The average molecular weight is 403 g/mol. The summed E-state index contributed by atoms with van der Waals surface area (Å²) in [5.41, 5.74) is 3.49. The molecule has 0 unspecified atom stereocenters. The van der Waals surface area contributed by atoms with Crippen molar-refractivity contribution in [2.75, 3.05) is 0 Å². The SMILES string of the molecule is CCCCCCCCCCCCCCCC1(C)c2ccsc2-c2sccc21. The Balaban J connectivity index is 1.25. The average Bonchev–Trinajstić information content (AvgIpc) is 3.37. The summed E-state index contributed by atoms with van der Waals surface area (Å²) in [7, 11) is 0. The van der Waals surface area contributed by atoms with Crippen molar-refractivity contribution < 1.29 is 0 Å². The second kappa shape index (κ2) is 10.8. The van der Waals surface area contributed by atoms with Crippen LogP contribution >= 0.6 is 22.7 Å². The molecule has 0 bridgehead atoms. The second-order valence-corrected chi connectivity index (χ2v) is 10.5. The van der Waals surface area contributed by atoms with Crippen LogP contribution < -0.4 is 0 Å². The molecule has 0 amide bonds. The molecule has 3 rings (SSSR count). The van der Waals surface area contributed by atoms with Gasteiger partial charge in [0.05, 0.1) is 0 Å². The molecular weight excluding hydrogens is 364 g/mol. The quantitative estimate of drug-likeness (QED) is 0.276. The molecule has 27 heavy (non-hydrogen) atoms. The molecule has 2 aromatic rings. The fraction of sp³-hybridized carbons (Fsp3) is 0.680. The van der Waals surface area contributed by atoms with E-state index in [1.807, 2.05) is 22.7 Å². The molecule has 1 aliphatic rings. The van der Waals surface area contributed by atoms with Gasteiger partial charge in [0.15, 0.2) is 0 Å². The first-order valence-electron chi connectivity index (χ1n) is 11.4. The summed E-state index contributed by atoms with van der Waals surface area (Å²) in [6, 6.07) is 4.77. The first kappa shape index (κ1) is 21.1. The normalized spacial score (nSPS) is 14.4. The zero-order valence-electron chi connectivity index (χ0n) is 17.5. The topological polar surface area (TPSA) is 0 Å². The largest absolute Gasteiger partial charge is 0.143 e. The van der Waals surface area contributed by atoms with Gasteiger partial charge in [0, 0.05) is 15.2 Å². The van der Waals surface area contributed by atoms with Crippen LogP contribution in [0.15, 0.2) is 22.9 Å². The molecule has 2 heterocycles. The third-order valence-corrected chi connectivity index (χ3v) is 8.50. The number of thiophene rings is 2. The summed E-state index contributed by atoms with van der Waals surface area (Å²) in [4.78, 5) is 3.11. The van der Waals surface area contributed by atoms with E-state index in [1.165, 1.54) is 89.9 Å². The van der Waals surface area contributed by atoms with E-state index in [-0.39, 0.29) is 5.41 Å². The standard InChI is InChI=1S/C25H38S2/c1-3-4-5-6-7-8-9-10-11-12-13-14-15-18-25(2)21-16-19-26-23(21)24-22(25)17-20-27-24/h16-17,19-20H,3-15,18H2,1-2H3. The lowest BCUT2D eigenvalue weighted by Gasteiger charge is -2.25. The molecule has 0 saturated carbocycles. The van der Waals surface area contributed by atoms with Gasteiger partial charge in [-0.05, 0) is 40.4 Å². The van der Waals surface area contributed by atoms with Crippen LogP contribution in [0.4, 0.5) is 0 Å². The summed E-state index contributed by atoms with van der Waals surface area (Å²) in [6.45, 7) is 4.78. The van der Waals surface area contributed by atoms with Crippen molar-refractivity contribution in [2.24, 2.45) is 0 Å². The van der Waals surface area contributed by atoms with Gasteiger partial charge in [-0.2, -0.15) is 0 Å². The van der Waals surface area contributed by atoms with Gasteiger partial charge in [0.25, 0.3) is 0 Å². The van der Waals surface area contributed by atoms with E-state index >= 15 is 0 Å². The number of hydrogen-bond acceptors (Lipinski definition) is 2. The molecule has 0 N–H and O–H groups in total. The fourth-order valence-electron chi connectivity index (χ4n) is 4.75. The Hall–Kier alpha value is -0.600. The van der Waals surface area contributed by atoms with E-state index in [2.05, 4.69) is 36.7 Å². The van der Waals surface area contributed by atoms with Crippen LogP contribution in [0.1, 0.15) is 115 Å². The van der Waals surface area contributed by atoms with Crippen LogP contribution in [0.3, 0.4) is 0 Å². The molecule has 0 fully saturated rings. The summed E-state index contributed by atoms with van der Waals surface area (Å²) in [6.07, 6.45) is 20.0. The van der Waals surface area contributed by atoms with Gasteiger partial charge in [-0.1, -0.05) is 97.3 Å². The Labute approximate surface area is 175 Å². The Morgan fingerprint density at radius 2 is 1.04 bits per heavy atom. The highest BCUT2D eigenvalue weighted by molar-refractivity contribution is 7.21. The van der Waals surface area contributed by atoms with E-state index in [4.69, 9.17) is 0 Å². The van der Waals surface area contributed by atoms with Crippen molar-refractivity contribution in [1.29, 1.82) is 0 Å². The molecular formula is C25H38S2. The lowest BCUT2D eigenvalue weighted by molar-refractivity contribution is 0.477. The molecule has 150 valence electrons. The molecule has 0 nitrogen and oxygen atoms in total. The second-order valence-electron chi connectivity index (χ2n) is 8.65. The molecule has 0 aliphatic heterocycles. The number of hydrogen-bond donors (Lipinski definition) is 0. The van der Waals surface area contributed by atoms with Crippen molar-refractivity contribution in [1.82, 2.24) is 0 Å². The number of fused-ring (bicyclic) bond motifs is 3. The van der Waals surface area contributed by atoms with Crippen molar-refractivity contribution in [2.45, 2.75) is 109 Å². The lowest BCUT2D eigenvalue weighted by atomic mass is 9.77. The summed E-state index contributed by atoms with van der Waals surface area (Å²) in [5, 5.41) is 4.57. The molecule has 2 aromatic heterocycles. The van der Waals surface area contributed by atoms with Crippen molar-refractivity contribution in [3.05, 3.63) is 34.0 Å². The Kier molecular flexibility index (Phi) is 8.46. The van der Waals surface area contributed by atoms with Gasteiger partial charge in [-0.15, -0.1) is 22.7 Å². The Morgan fingerprint density at radius 3 is 1.48 bits per heavy atom. The van der Waals surface area contributed by atoms with Crippen LogP contribution in [0, 0.1) is 0 Å². The van der Waals surface area contributed by atoms with Crippen molar-refractivity contribution >= 4 is 22.7 Å². The van der Waals surface area contributed by atoms with Crippen LogP contribution in [0.5, 0.6) is 0 Å². The van der Waals surface area contributed by atoms with Crippen molar-refractivity contribution in [3.8, 4) is 9.75 Å². The maximum atomic E-state index is 2.48. The molecule has 2 heteroatoms. The van der Waals surface area contributed by atoms with Crippen LogP contribution in [0.2, 0.25) is 0 Å². The van der Waals surface area contributed by atoms with E-state index in [0.717, 1.165) is 0 Å². The summed E-state index contributed by atoms with van der Waals surface area (Å²) < 4.78 is 0. The van der Waals surface area contributed by atoms with E-state index in [0.29, 0.717) is 0 Å². The maximum Gasteiger partial charge on any atom is 0.0486 e.